The Labute approximate surface area is 252 Å². The number of anilines is 1. The number of amides is 1. The molecule has 1 aromatic heterocycles. The summed E-state index contributed by atoms with van der Waals surface area (Å²) in [6.07, 6.45) is 9.84. The van der Waals surface area contributed by atoms with Crippen molar-refractivity contribution in [3.05, 3.63) is 102 Å². The third-order valence-electron chi connectivity index (χ3n) is 6.51. The zero-order valence-electron chi connectivity index (χ0n) is 24.2. The predicted octanol–water partition coefficient (Wildman–Crippen LogP) is 8.24. The van der Waals surface area contributed by atoms with Crippen LogP contribution in [0, 0.1) is 5.82 Å². The molecule has 42 heavy (non-hydrogen) atoms. The fourth-order valence-corrected chi connectivity index (χ4v) is 5.10. The summed E-state index contributed by atoms with van der Waals surface area (Å²) >= 11 is 1.72. The van der Waals surface area contributed by atoms with Crippen molar-refractivity contribution < 1.29 is 18.7 Å². The number of benzene rings is 3. The Kier molecular flexibility index (Phi) is 12.2. The van der Waals surface area contributed by atoms with Gasteiger partial charge in [0.15, 0.2) is 0 Å². The second kappa shape index (κ2) is 16.5. The third kappa shape index (κ3) is 9.60. The van der Waals surface area contributed by atoms with E-state index in [1.807, 2.05) is 61.1 Å². The highest BCUT2D eigenvalue weighted by Crippen LogP contribution is 2.26. The molecule has 4 rings (SSSR count). The van der Waals surface area contributed by atoms with Gasteiger partial charge in [-0.15, -0.1) is 11.8 Å². The minimum Gasteiger partial charge on any atom is -0.491 e. The number of aryl methyl sites for hydroxylation is 1. The Balaban J connectivity index is 1.28. The van der Waals surface area contributed by atoms with Crippen molar-refractivity contribution in [2.75, 3.05) is 25.1 Å². The summed E-state index contributed by atoms with van der Waals surface area (Å²) in [5.41, 5.74) is 3.96. The predicted molar refractivity (Wildman–Crippen MR) is 169 cm³/mol. The first-order chi connectivity index (χ1) is 20.6. The largest absolute Gasteiger partial charge is 0.491 e. The molecule has 1 amide bonds. The van der Waals surface area contributed by atoms with Crippen LogP contribution in [0.1, 0.15) is 44.4 Å². The van der Waals surface area contributed by atoms with Crippen molar-refractivity contribution in [2.24, 2.45) is 0 Å². The standard InChI is InChI=1S/C34H38FN3O3S/c1-3-5-19-40-20-21-41-31-12-6-26(7-13-31)27-8-16-33(35)28(22-27)9-17-34(39)37-29-10-14-32(15-11-29)42-24-30-23-36-25-38(30)18-4-2/h6-17,22-23,25H,3-5,18-21,24H2,1-2H3,(H,37,39)/b17-9+. The number of nitrogens with one attached hydrogen (secondary N) is 1. The van der Waals surface area contributed by atoms with Crippen LogP contribution in [0.4, 0.5) is 10.1 Å². The van der Waals surface area contributed by atoms with Crippen LogP contribution in [0.2, 0.25) is 0 Å². The SMILES string of the molecule is CCCCOCCOc1ccc(-c2ccc(F)c(/C=C/C(=O)Nc3ccc(SCc4cncn4CCC)cc3)c2)cc1. The average Bonchev–Trinajstić information content (AvgIpc) is 3.45. The van der Waals surface area contributed by atoms with Crippen LogP contribution >= 0.6 is 11.8 Å². The lowest BCUT2D eigenvalue weighted by Crippen LogP contribution is -2.07. The smallest absolute Gasteiger partial charge is 0.248 e. The third-order valence-corrected chi connectivity index (χ3v) is 7.55. The van der Waals surface area contributed by atoms with Crippen molar-refractivity contribution in [1.82, 2.24) is 9.55 Å². The maximum Gasteiger partial charge on any atom is 0.248 e. The number of aromatic nitrogens is 2. The van der Waals surface area contributed by atoms with Gasteiger partial charge in [0.1, 0.15) is 18.2 Å². The van der Waals surface area contributed by atoms with E-state index in [2.05, 4.69) is 28.7 Å². The van der Waals surface area contributed by atoms with E-state index in [1.54, 1.807) is 23.9 Å². The fraction of sp³-hybridized carbons (Fsp3) is 0.294. The normalized spacial score (nSPS) is 11.2. The summed E-state index contributed by atoms with van der Waals surface area (Å²) < 4.78 is 28.0. The van der Waals surface area contributed by atoms with E-state index in [9.17, 15) is 9.18 Å². The van der Waals surface area contributed by atoms with Crippen LogP contribution in [-0.2, 0) is 21.8 Å². The van der Waals surface area contributed by atoms with Crippen molar-refractivity contribution in [3.8, 4) is 16.9 Å². The number of nitrogens with zero attached hydrogens (tertiary/aromatic N) is 2. The number of hydrogen-bond acceptors (Lipinski definition) is 5. The maximum atomic E-state index is 14.5. The van der Waals surface area contributed by atoms with E-state index < -0.39 is 5.82 Å². The molecule has 0 aliphatic rings. The molecule has 0 saturated carbocycles. The van der Waals surface area contributed by atoms with Crippen LogP contribution < -0.4 is 10.1 Å². The first-order valence-electron chi connectivity index (χ1n) is 14.4. The molecule has 0 aliphatic heterocycles. The van der Waals surface area contributed by atoms with E-state index in [1.165, 1.54) is 23.9 Å². The maximum absolute atomic E-state index is 14.5. The molecule has 8 heteroatoms. The number of carbonyl (C=O) groups excluding carboxylic acids is 1. The molecule has 0 bridgehead atoms. The zero-order valence-corrected chi connectivity index (χ0v) is 25.0. The molecule has 4 aromatic rings. The number of ether oxygens (including phenoxy) is 2. The van der Waals surface area contributed by atoms with Gasteiger partial charge in [0, 0.05) is 53.0 Å². The fourth-order valence-electron chi connectivity index (χ4n) is 4.21. The summed E-state index contributed by atoms with van der Waals surface area (Å²) in [7, 11) is 0. The van der Waals surface area contributed by atoms with Crippen LogP contribution in [0.25, 0.3) is 17.2 Å². The molecule has 6 nitrogen and oxygen atoms in total. The molecular formula is C34H38FN3O3S. The first-order valence-corrected chi connectivity index (χ1v) is 15.4. The second-order valence-electron chi connectivity index (χ2n) is 9.79. The van der Waals surface area contributed by atoms with Gasteiger partial charge in [-0.2, -0.15) is 0 Å². The van der Waals surface area contributed by atoms with Gasteiger partial charge in [0.2, 0.25) is 5.91 Å². The number of thioether (sulfide) groups is 1. The highest BCUT2D eigenvalue weighted by molar-refractivity contribution is 7.98. The Morgan fingerprint density at radius 3 is 2.52 bits per heavy atom. The summed E-state index contributed by atoms with van der Waals surface area (Å²) in [6.45, 7) is 7.04. The van der Waals surface area contributed by atoms with Gasteiger partial charge in [-0.3, -0.25) is 4.79 Å². The molecule has 0 unspecified atom stereocenters. The molecule has 220 valence electrons. The quantitative estimate of drug-likeness (QED) is 0.0813. The minimum absolute atomic E-state index is 0.330. The molecule has 3 aromatic carbocycles. The Hall–Kier alpha value is -3.88. The molecular weight excluding hydrogens is 549 g/mol. The van der Waals surface area contributed by atoms with Crippen LogP contribution in [-0.4, -0.2) is 35.3 Å². The molecule has 0 spiro atoms. The summed E-state index contributed by atoms with van der Waals surface area (Å²) in [4.78, 5) is 17.9. The molecule has 1 heterocycles. The number of carbonyl (C=O) groups is 1. The lowest BCUT2D eigenvalue weighted by Gasteiger charge is -2.09. The number of halogens is 1. The molecule has 1 N–H and O–H groups in total. The second-order valence-corrected chi connectivity index (χ2v) is 10.8. The Bertz CT molecular complexity index is 1440. The Morgan fingerprint density at radius 2 is 1.76 bits per heavy atom. The zero-order chi connectivity index (χ0) is 29.6. The van der Waals surface area contributed by atoms with E-state index in [0.29, 0.717) is 24.5 Å². The summed E-state index contributed by atoms with van der Waals surface area (Å²) in [6, 6.07) is 20.2. The summed E-state index contributed by atoms with van der Waals surface area (Å²) in [5, 5.41) is 2.84. The first kappa shape index (κ1) is 31.1. The molecule has 0 saturated heterocycles. The van der Waals surface area contributed by atoms with Crippen molar-refractivity contribution in [3.63, 3.8) is 0 Å². The number of hydrogen-bond donors (Lipinski definition) is 1. The van der Waals surface area contributed by atoms with Crippen LogP contribution in [0.5, 0.6) is 5.75 Å². The number of rotatable bonds is 16. The molecule has 0 radical (unpaired) electrons. The van der Waals surface area contributed by atoms with Gasteiger partial charge in [0.25, 0.3) is 0 Å². The van der Waals surface area contributed by atoms with Crippen LogP contribution in [0.3, 0.4) is 0 Å². The van der Waals surface area contributed by atoms with Gasteiger partial charge < -0.3 is 19.4 Å². The molecule has 0 fully saturated rings. The number of imidazole rings is 1. The monoisotopic (exact) mass is 587 g/mol. The topological polar surface area (TPSA) is 65.4 Å². The average molecular weight is 588 g/mol. The Morgan fingerprint density at radius 1 is 0.976 bits per heavy atom. The van der Waals surface area contributed by atoms with Crippen molar-refractivity contribution in [1.29, 1.82) is 0 Å². The lowest BCUT2D eigenvalue weighted by atomic mass is 10.0. The van der Waals surface area contributed by atoms with Gasteiger partial charge >= 0.3 is 0 Å². The minimum atomic E-state index is -0.396. The van der Waals surface area contributed by atoms with E-state index >= 15 is 0 Å². The van der Waals surface area contributed by atoms with Crippen molar-refractivity contribution >= 4 is 29.4 Å². The highest BCUT2D eigenvalue weighted by atomic mass is 32.2. The van der Waals surface area contributed by atoms with E-state index in [0.717, 1.165) is 59.9 Å². The van der Waals surface area contributed by atoms with Gasteiger partial charge in [0.05, 0.1) is 12.9 Å². The van der Waals surface area contributed by atoms with Gasteiger partial charge in [-0.25, -0.2) is 9.37 Å². The van der Waals surface area contributed by atoms with E-state index in [4.69, 9.17) is 9.47 Å². The molecule has 0 atom stereocenters. The van der Waals surface area contributed by atoms with Gasteiger partial charge in [-0.1, -0.05) is 38.5 Å². The molecule has 0 aliphatic carbocycles. The lowest BCUT2D eigenvalue weighted by molar-refractivity contribution is -0.111. The number of unbranched alkanes of at least 4 members (excludes halogenated alkanes) is 1. The highest BCUT2D eigenvalue weighted by Gasteiger charge is 2.07. The van der Waals surface area contributed by atoms with Crippen LogP contribution in [0.15, 0.2) is 90.2 Å². The van der Waals surface area contributed by atoms with Gasteiger partial charge in [-0.05, 0) is 78.6 Å². The van der Waals surface area contributed by atoms with Crippen molar-refractivity contribution in [2.45, 2.75) is 50.3 Å². The van der Waals surface area contributed by atoms with E-state index in [-0.39, 0.29) is 5.91 Å². The summed E-state index contributed by atoms with van der Waals surface area (Å²) in [5.74, 6) is 0.852.